The zero-order valence-electron chi connectivity index (χ0n) is 9.44. The van der Waals surface area contributed by atoms with E-state index in [4.69, 9.17) is 0 Å². The molecule has 3 heteroatoms. The monoisotopic (exact) mass is 336 g/mol. The van der Waals surface area contributed by atoms with Crippen molar-refractivity contribution >= 4 is 39.5 Å². The molecule has 0 aromatic heterocycles. The van der Waals surface area contributed by atoms with Crippen LogP contribution < -0.4 is 0 Å². The Morgan fingerprint density at radius 1 is 1.12 bits per heavy atom. The third-order valence-corrected chi connectivity index (χ3v) is 4.14. The van der Waals surface area contributed by atoms with Crippen molar-refractivity contribution in [3.05, 3.63) is 48.0 Å². The normalized spacial score (nSPS) is 15.4. The first-order valence-corrected chi connectivity index (χ1v) is 6.74. The number of hydrogen-bond donors (Lipinski definition) is 0. The molecule has 2 aromatic rings. The number of benzene rings is 2. The Hall–Kier alpha value is -1.10. The molecule has 0 saturated heterocycles. The van der Waals surface area contributed by atoms with E-state index in [1.807, 2.05) is 0 Å². The Labute approximate surface area is 115 Å². The number of amidine groups is 1. The molecule has 0 atom stereocenters. The first-order chi connectivity index (χ1) is 8.34. The molecule has 0 amide bonds. The molecule has 0 spiro atoms. The summed E-state index contributed by atoms with van der Waals surface area (Å²) in [6.45, 7) is 1.98. The SMILES string of the molecule is IN1CCN=C1Cc1cccc2ccccc12. The average Bonchev–Trinajstić information content (AvgIpc) is 2.76. The van der Waals surface area contributed by atoms with Crippen LogP contribution in [-0.4, -0.2) is 22.0 Å². The Kier molecular flexibility index (Phi) is 3.01. The molecule has 17 heavy (non-hydrogen) atoms. The maximum absolute atomic E-state index is 4.55. The number of rotatable bonds is 2. The van der Waals surface area contributed by atoms with Gasteiger partial charge in [0.05, 0.1) is 29.4 Å². The summed E-state index contributed by atoms with van der Waals surface area (Å²) >= 11 is 2.35. The molecule has 0 aliphatic carbocycles. The smallest absolute Gasteiger partial charge is 0.112 e. The van der Waals surface area contributed by atoms with Crippen LogP contribution in [0.25, 0.3) is 10.8 Å². The maximum Gasteiger partial charge on any atom is 0.112 e. The van der Waals surface area contributed by atoms with E-state index in [0.717, 1.165) is 19.5 Å². The number of aliphatic imine (C=N–C) groups is 1. The van der Waals surface area contributed by atoms with Gasteiger partial charge in [0, 0.05) is 13.0 Å². The van der Waals surface area contributed by atoms with E-state index < -0.39 is 0 Å². The van der Waals surface area contributed by atoms with Crippen molar-refractivity contribution in [3.8, 4) is 0 Å². The van der Waals surface area contributed by atoms with E-state index in [9.17, 15) is 0 Å². The topological polar surface area (TPSA) is 15.6 Å². The van der Waals surface area contributed by atoms with Gasteiger partial charge in [0.1, 0.15) is 5.84 Å². The predicted octanol–water partition coefficient (Wildman–Crippen LogP) is 3.45. The Morgan fingerprint density at radius 2 is 1.94 bits per heavy atom. The van der Waals surface area contributed by atoms with Crippen LogP contribution in [0.5, 0.6) is 0 Å². The van der Waals surface area contributed by atoms with E-state index in [0.29, 0.717) is 0 Å². The van der Waals surface area contributed by atoms with E-state index in [-0.39, 0.29) is 0 Å². The molecule has 0 N–H and O–H groups in total. The number of halogens is 1. The summed E-state index contributed by atoms with van der Waals surface area (Å²) in [5.41, 5.74) is 1.37. The van der Waals surface area contributed by atoms with Gasteiger partial charge >= 0.3 is 0 Å². The minimum absolute atomic E-state index is 0.934. The third-order valence-electron chi connectivity index (χ3n) is 3.10. The van der Waals surface area contributed by atoms with Crippen LogP contribution in [-0.2, 0) is 6.42 Å². The highest BCUT2D eigenvalue weighted by molar-refractivity contribution is 14.1. The fourth-order valence-corrected chi connectivity index (χ4v) is 2.77. The molecule has 0 bridgehead atoms. The quantitative estimate of drug-likeness (QED) is 0.606. The Morgan fingerprint density at radius 3 is 2.76 bits per heavy atom. The minimum atomic E-state index is 0.934. The summed E-state index contributed by atoms with van der Waals surface area (Å²) in [5.74, 6) is 1.20. The zero-order valence-corrected chi connectivity index (χ0v) is 11.6. The zero-order chi connectivity index (χ0) is 11.7. The van der Waals surface area contributed by atoms with Gasteiger partial charge in [-0.2, -0.15) is 0 Å². The predicted molar refractivity (Wildman–Crippen MR) is 80.7 cm³/mol. The van der Waals surface area contributed by atoms with Crippen molar-refractivity contribution in [1.29, 1.82) is 0 Å². The second kappa shape index (κ2) is 4.64. The number of nitrogens with zero attached hydrogens (tertiary/aromatic N) is 2. The summed E-state index contributed by atoms with van der Waals surface area (Å²) in [4.78, 5) is 4.55. The molecule has 0 radical (unpaired) electrons. The van der Waals surface area contributed by atoms with Crippen molar-refractivity contribution in [1.82, 2.24) is 3.11 Å². The van der Waals surface area contributed by atoms with Gasteiger partial charge in [-0.25, -0.2) is 0 Å². The lowest BCUT2D eigenvalue weighted by Crippen LogP contribution is -2.18. The number of fused-ring (bicyclic) bond motifs is 1. The van der Waals surface area contributed by atoms with Crippen molar-refractivity contribution in [2.24, 2.45) is 4.99 Å². The lowest BCUT2D eigenvalue weighted by atomic mass is 10.0. The molecule has 2 nitrogen and oxygen atoms in total. The fourth-order valence-electron chi connectivity index (χ4n) is 2.23. The number of hydrogen-bond acceptors (Lipinski definition) is 2. The van der Waals surface area contributed by atoms with Gasteiger partial charge in [0.25, 0.3) is 0 Å². The van der Waals surface area contributed by atoms with Crippen molar-refractivity contribution in [2.45, 2.75) is 6.42 Å². The van der Waals surface area contributed by atoms with Gasteiger partial charge in [-0.3, -0.25) is 4.99 Å². The van der Waals surface area contributed by atoms with Gasteiger partial charge in [-0.1, -0.05) is 42.5 Å². The van der Waals surface area contributed by atoms with Crippen LogP contribution in [0.15, 0.2) is 47.5 Å². The summed E-state index contributed by atoms with van der Waals surface area (Å²) in [6, 6.07) is 15.0. The lowest BCUT2D eigenvalue weighted by molar-refractivity contribution is 0.773. The van der Waals surface area contributed by atoms with Crippen LogP contribution in [0.4, 0.5) is 0 Å². The van der Waals surface area contributed by atoms with E-state index in [1.165, 1.54) is 22.2 Å². The molecule has 0 saturated carbocycles. The van der Waals surface area contributed by atoms with E-state index in [1.54, 1.807) is 0 Å². The molecule has 1 aliphatic heterocycles. The highest BCUT2D eigenvalue weighted by Gasteiger charge is 2.15. The summed E-state index contributed by atoms with van der Waals surface area (Å²) in [5, 5.41) is 2.65. The highest BCUT2D eigenvalue weighted by atomic mass is 127. The van der Waals surface area contributed by atoms with E-state index >= 15 is 0 Å². The molecule has 86 valence electrons. The van der Waals surface area contributed by atoms with Crippen molar-refractivity contribution in [3.63, 3.8) is 0 Å². The largest absolute Gasteiger partial charge is 0.301 e. The summed E-state index contributed by atoms with van der Waals surface area (Å²) in [6.07, 6.45) is 0.935. The second-order valence-corrected chi connectivity index (χ2v) is 5.36. The summed E-state index contributed by atoms with van der Waals surface area (Å²) < 4.78 is 2.22. The minimum Gasteiger partial charge on any atom is -0.301 e. The molecule has 1 aliphatic rings. The van der Waals surface area contributed by atoms with Gasteiger partial charge < -0.3 is 3.11 Å². The molecular weight excluding hydrogens is 323 g/mol. The summed E-state index contributed by atoms with van der Waals surface area (Å²) in [7, 11) is 0. The van der Waals surface area contributed by atoms with Crippen molar-refractivity contribution in [2.75, 3.05) is 13.1 Å². The second-order valence-electron chi connectivity index (χ2n) is 4.20. The van der Waals surface area contributed by atoms with Crippen LogP contribution >= 0.6 is 22.9 Å². The van der Waals surface area contributed by atoms with Crippen LogP contribution in [0.2, 0.25) is 0 Å². The molecule has 0 unspecified atom stereocenters. The van der Waals surface area contributed by atoms with Gasteiger partial charge in [-0.15, -0.1) is 0 Å². The van der Waals surface area contributed by atoms with Gasteiger partial charge in [0.15, 0.2) is 0 Å². The van der Waals surface area contributed by atoms with Crippen LogP contribution in [0.1, 0.15) is 5.56 Å². The van der Waals surface area contributed by atoms with Gasteiger partial charge in [0.2, 0.25) is 0 Å². The molecule has 2 aromatic carbocycles. The highest BCUT2D eigenvalue weighted by Crippen LogP contribution is 2.21. The molecular formula is C14H13IN2. The molecule has 3 rings (SSSR count). The maximum atomic E-state index is 4.55. The lowest BCUT2D eigenvalue weighted by Gasteiger charge is -2.12. The first-order valence-electron chi connectivity index (χ1n) is 5.78. The molecule has 1 heterocycles. The van der Waals surface area contributed by atoms with Crippen molar-refractivity contribution < 1.29 is 0 Å². The van der Waals surface area contributed by atoms with E-state index in [2.05, 4.69) is 73.4 Å². The standard InChI is InChI=1S/C14H13IN2/c15-17-9-8-16-14(17)10-12-6-3-5-11-4-1-2-7-13(11)12/h1-7H,8-10H2. The van der Waals surface area contributed by atoms with Crippen LogP contribution in [0, 0.1) is 0 Å². The average molecular weight is 336 g/mol. The first kappa shape index (κ1) is 11.0. The Bertz CT molecular complexity index is 572. The fraction of sp³-hybridized carbons (Fsp3) is 0.214. The Balaban J connectivity index is 2.00. The molecule has 0 fully saturated rings. The van der Waals surface area contributed by atoms with Crippen LogP contribution in [0.3, 0.4) is 0 Å². The third kappa shape index (κ3) is 2.16. The van der Waals surface area contributed by atoms with Gasteiger partial charge in [-0.05, 0) is 16.3 Å².